The third kappa shape index (κ3) is 62.5. The van der Waals surface area contributed by atoms with Crippen LogP contribution in [-0.4, -0.2) is 37.2 Å². The van der Waals surface area contributed by atoms with Crippen LogP contribution in [0.5, 0.6) is 0 Å². The van der Waals surface area contributed by atoms with E-state index in [0.29, 0.717) is 19.3 Å². The Bertz CT molecular complexity index is 1600. The van der Waals surface area contributed by atoms with E-state index in [0.717, 1.165) is 135 Å². The van der Waals surface area contributed by atoms with E-state index in [1.807, 2.05) is 0 Å². The summed E-state index contributed by atoms with van der Waals surface area (Å²) >= 11 is 0. The zero-order chi connectivity index (χ0) is 55.7. The summed E-state index contributed by atoms with van der Waals surface area (Å²) < 4.78 is 16.9. The normalized spacial score (nSPS) is 12.9. The monoisotopic (exact) mass is 1070 g/mol. The average Bonchev–Trinajstić information content (AvgIpc) is 3.43. The lowest BCUT2D eigenvalue weighted by atomic mass is 10.1. The van der Waals surface area contributed by atoms with E-state index in [4.69, 9.17) is 14.2 Å². The molecular formula is C71H118O6. The molecule has 1 unspecified atom stereocenters. The minimum absolute atomic E-state index is 0.0947. The maximum absolute atomic E-state index is 12.9. The number of hydrogen-bond donors (Lipinski definition) is 0. The van der Waals surface area contributed by atoms with E-state index >= 15 is 0 Å². The number of hydrogen-bond acceptors (Lipinski definition) is 6. The standard InChI is InChI=1S/C71H118O6/c1-4-7-10-13-16-19-22-25-28-31-33-34-35-36-38-40-43-46-49-52-55-58-61-64-70(73)76-67-68(66-75-69(72)63-60-57-54-51-48-45-42-39-30-27-24-21-18-15-12-9-6-3)77-71(74)65-62-59-56-53-50-47-44-41-37-32-29-26-23-20-17-14-11-8-5-2/h7,9-10,12,16,18-19,21,25-30,33-34,36,38,42,45,68H,4-6,8,11,13-15,17,20,22-24,31-32,35,37,39-41,43-44,46-67H2,1-3H3/b10-7-,12-9-,19-16-,21-18-,28-25-,29-26-,30-27-,34-33-,38-36-,45-42-. The molecule has 0 spiro atoms. The van der Waals surface area contributed by atoms with Gasteiger partial charge in [-0.05, 0) is 128 Å². The largest absolute Gasteiger partial charge is 0.462 e. The van der Waals surface area contributed by atoms with Gasteiger partial charge < -0.3 is 14.2 Å². The number of unbranched alkanes of at least 4 members (excludes halogenated alkanes) is 26. The molecule has 0 rings (SSSR count). The van der Waals surface area contributed by atoms with Crippen LogP contribution in [0.2, 0.25) is 0 Å². The Morgan fingerprint density at radius 1 is 0.273 bits per heavy atom. The number of esters is 3. The highest BCUT2D eigenvalue weighted by atomic mass is 16.6. The first-order valence-corrected chi connectivity index (χ1v) is 32.0. The van der Waals surface area contributed by atoms with Crippen LogP contribution in [0.4, 0.5) is 0 Å². The van der Waals surface area contributed by atoms with Crippen LogP contribution in [0.25, 0.3) is 0 Å². The summed E-state index contributed by atoms with van der Waals surface area (Å²) in [5.74, 6) is -0.925. The smallest absolute Gasteiger partial charge is 0.306 e. The molecule has 0 radical (unpaired) electrons. The molecule has 0 aromatic heterocycles. The summed E-state index contributed by atoms with van der Waals surface area (Å²) in [5.41, 5.74) is 0. The first kappa shape index (κ1) is 72.8. The summed E-state index contributed by atoms with van der Waals surface area (Å²) in [7, 11) is 0. The van der Waals surface area contributed by atoms with Gasteiger partial charge in [0.05, 0.1) is 0 Å². The molecule has 0 aromatic carbocycles. The zero-order valence-electron chi connectivity index (χ0n) is 50.2. The molecule has 0 heterocycles. The molecule has 0 saturated carbocycles. The van der Waals surface area contributed by atoms with Crippen LogP contribution in [0.3, 0.4) is 0 Å². The summed E-state index contributed by atoms with van der Waals surface area (Å²) in [6.45, 7) is 6.40. The molecule has 0 aromatic rings. The quantitative estimate of drug-likeness (QED) is 0.0261. The highest BCUT2D eigenvalue weighted by molar-refractivity contribution is 5.71. The van der Waals surface area contributed by atoms with Gasteiger partial charge in [0, 0.05) is 19.3 Å². The van der Waals surface area contributed by atoms with Crippen molar-refractivity contribution in [2.45, 2.75) is 297 Å². The van der Waals surface area contributed by atoms with Gasteiger partial charge in [0.25, 0.3) is 0 Å². The Balaban J connectivity index is 4.44. The SMILES string of the molecule is CC/C=C\C/C=C\C/C=C\C/C=C\C/C=C\CCCCCCCCCC(=O)OCC(COC(=O)CCCCCC/C=C\C/C=C\C/C=C\C/C=C\CC)OC(=O)CCCCCCCCCCC/C=C\CCCCCCCC. The highest BCUT2D eigenvalue weighted by Gasteiger charge is 2.19. The summed E-state index contributed by atoms with van der Waals surface area (Å²) in [6, 6.07) is 0. The molecule has 77 heavy (non-hydrogen) atoms. The average molecular weight is 1070 g/mol. The lowest BCUT2D eigenvalue weighted by Crippen LogP contribution is -2.30. The van der Waals surface area contributed by atoms with Crippen LogP contribution in [-0.2, 0) is 28.6 Å². The highest BCUT2D eigenvalue weighted by Crippen LogP contribution is 2.15. The molecule has 0 aliphatic carbocycles. The predicted molar refractivity (Wildman–Crippen MR) is 334 cm³/mol. The van der Waals surface area contributed by atoms with Gasteiger partial charge in [0.2, 0.25) is 0 Å². The van der Waals surface area contributed by atoms with Gasteiger partial charge in [-0.15, -0.1) is 0 Å². The fourth-order valence-corrected chi connectivity index (χ4v) is 8.69. The topological polar surface area (TPSA) is 78.9 Å². The summed E-state index contributed by atoms with van der Waals surface area (Å²) in [6.07, 6.45) is 89.1. The molecule has 0 bridgehead atoms. The number of carbonyl (C=O) groups excluding carboxylic acids is 3. The van der Waals surface area contributed by atoms with Crippen molar-refractivity contribution in [1.29, 1.82) is 0 Å². The first-order valence-electron chi connectivity index (χ1n) is 32.0. The predicted octanol–water partition coefficient (Wildman–Crippen LogP) is 22.0. The van der Waals surface area contributed by atoms with Crippen LogP contribution in [0.15, 0.2) is 122 Å². The van der Waals surface area contributed by atoms with Gasteiger partial charge in [-0.2, -0.15) is 0 Å². The maximum Gasteiger partial charge on any atom is 0.306 e. The van der Waals surface area contributed by atoms with E-state index in [1.165, 1.54) is 116 Å². The van der Waals surface area contributed by atoms with E-state index in [1.54, 1.807) is 0 Å². The molecule has 0 N–H and O–H groups in total. The van der Waals surface area contributed by atoms with Gasteiger partial charge in [0.15, 0.2) is 6.10 Å². The van der Waals surface area contributed by atoms with Crippen molar-refractivity contribution in [3.8, 4) is 0 Å². The van der Waals surface area contributed by atoms with Crippen molar-refractivity contribution in [1.82, 2.24) is 0 Å². The molecule has 0 aliphatic rings. The molecule has 0 saturated heterocycles. The van der Waals surface area contributed by atoms with Gasteiger partial charge in [-0.1, -0.05) is 264 Å². The molecule has 438 valence electrons. The number of carbonyl (C=O) groups is 3. The minimum atomic E-state index is -0.799. The lowest BCUT2D eigenvalue weighted by molar-refractivity contribution is -0.167. The molecule has 6 nitrogen and oxygen atoms in total. The lowest BCUT2D eigenvalue weighted by Gasteiger charge is -2.18. The van der Waals surface area contributed by atoms with E-state index in [2.05, 4.69) is 142 Å². The van der Waals surface area contributed by atoms with E-state index < -0.39 is 6.10 Å². The Labute approximate surface area is 475 Å². The van der Waals surface area contributed by atoms with Crippen molar-refractivity contribution >= 4 is 17.9 Å². The van der Waals surface area contributed by atoms with Crippen molar-refractivity contribution < 1.29 is 28.6 Å². The van der Waals surface area contributed by atoms with Crippen LogP contribution < -0.4 is 0 Å². The molecular weight excluding hydrogens is 949 g/mol. The van der Waals surface area contributed by atoms with Crippen molar-refractivity contribution in [3.63, 3.8) is 0 Å². The second-order valence-electron chi connectivity index (χ2n) is 20.9. The Hall–Kier alpha value is -4.19. The molecule has 0 fully saturated rings. The molecule has 0 aliphatic heterocycles. The Morgan fingerprint density at radius 2 is 0.506 bits per heavy atom. The van der Waals surface area contributed by atoms with Crippen molar-refractivity contribution in [2.24, 2.45) is 0 Å². The summed E-state index contributed by atoms with van der Waals surface area (Å²) in [4.78, 5) is 38.4. The third-order valence-electron chi connectivity index (χ3n) is 13.4. The molecule has 0 amide bonds. The van der Waals surface area contributed by atoms with Gasteiger partial charge in [-0.3, -0.25) is 14.4 Å². The second-order valence-corrected chi connectivity index (χ2v) is 20.9. The number of ether oxygens (including phenoxy) is 3. The van der Waals surface area contributed by atoms with Crippen molar-refractivity contribution in [3.05, 3.63) is 122 Å². The van der Waals surface area contributed by atoms with Gasteiger partial charge in [0.1, 0.15) is 13.2 Å². The fourth-order valence-electron chi connectivity index (χ4n) is 8.69. The Kier molecular flexibility index (Phi) is 60.8. The van der Waals surface area contributed by atoms with E-state index in [9.17, 15) is 14.4 Å². The van der Waals surface area contributed by atoms with E-state index in [-0.39, 0.29) is 31.1 Å². The maximum atomic E-state index is 12.9. The number of allylic oxidation sites excluding steroid dienone is 20. The second kappa shape index (κ2) is 64.3. The third-order valence-corrected chi connectivity index (χ3v) is 13.4. The van der Waals surface area contributed by atoms with Crippen LogP contribution >= 0.6 is 0 Å². The molecule has 6 heteroatoms. The number of rotatable bonds is 57. The summed E-state index contributed by atoms with van der Waals surface area (Å²) in [5, 5.41) is 0. The Morgan fingerprint density at radius 3 is 0.805 bits per heavy atom. The van der Waals surface area contributed by atoms with Crippen LogP contribution in [0.1, 0.15) is 290 Å². The van der Waals surface area contributed by atoms with Crippen LogP contribution in [0, 0.1) is 0 Å². The zero-order valence-corrected chi connectivity index (χ0v) is 50.2. The fraction of sp³-hybridized carbons (Fsp3) is 0.676. The van der Waals surface area contributed by atoms with Gasteiger partial charge >= 0.3 is 17.9 Å². The first-order chi connectivity index (χ1) is 38.0. The van der Waals surface area contributed by atoms with Gasteiger partial charge in [-0.25, -0.2) is 0 Å². The van der Waals surface area contributed by atoms with Crippen molar-refractivity contribution in [2.75, 3.05) is 13.2 Å². The minimum Gasteiger partial charge on any atom is -0.462 e. The molecule has 1 atom stereocenters.